The van der Waals surface area contributed by atoms with Crippen molar-refractivity contribution in [3.63, 3.8) is 0 Å². The molecule has 0 fully saturated rings. The minimum absolute atomic E-state index is 0.0159. The molecule has 1 atom stereocenters. The fraction of sp³-hybridized carbons (Fsp3) is 0.278. The van der Waals surface area contributed by atoms with Gasteiger partial charge in [0.2, 0.25) is 15.9 Å². The molecule has 2 aromatic rings. The minimum Gasteiger partial charge on any atom is -0.493 e. The van der Waals surface area contributed by atoms with Crippen molar-refractivity contribution in [3.8, 4) is 11.5 Å². The molecule has 0 saturated carbocycles. The van der Waals surface area contributed by atoms with Crippen molar-refractivity contribution >= 4 is 15.9 Å². The van der Waals surface area contributed by atoms with Crippen LogP contribution in [-0.4, -0.2) is 34.6 Å². The van der Waals surface area contributed by atoms with Crippen LogP contribution in [0.15, 0.2) is 53.4 Å². The molecule has 0 aliphatic carbocycles. The van der Waals surface area contributed by atoms with Gasteiger partial charge < -0.3 is 14.8 Å². The van der Waals surface area contributed by atoms with Gasteiger partial charge in [-0.3, -0.25) is 4.79 Å². The van der Waals surface area contributed by atoms with Crippen LogP contribution >= 0.6 is 0 Å². The van der Waals surface area contributed by atoms with Crippen LogP contribution in [0.3, 0.4) is 0 Å². The van der Waals surface area contributed by atoms with Gasteiger partial charge in [0.15, 0.2) is 11.5 Å². The van der Waals surface area contributed by atoms with Gasteiger partial charge >= 0.3 is 0 Å². The summed E-state index contributed by atoms with van der Waals surface area (Å²) in [5.74, 6) is 0.287. The molecule has 140 valence electrons. The maximum atomic E-state index is 12.5. The first-order chi connectivity index (χ1) is 12.4. The number of rotatable bonds is 8. The maximum Gasteiger partial charge on any atom is 0.241 e. The normalized spacial score (nSPS) is 12.3. The van der Waals surface area contributed by atoms with Gasteiger partial charge in [-0.15, -0.1) is 0 Å². The molecule has 0 heterocycles. The number of hydrogen-bond donors (Lipinski definition) is 2. The number of ether oxygens (including phenoxy) is 2. The summed E-state index contributed by atoms with van der Waals surface area (Å²) in [7, 11) is -1.01. The molecule has 0 aliphatic heterocycles. The van der Waals surface area contributed by atoms with E-state index in [0.717, 1.165) is 5.56 Å². The van der Waals surface area contributed by atoms with E-state index in [4.69, 9.17) is 9.47 Å². The number of methoxy groups -OCH3 is 2. The zero-order valence-electron chi connectivity index (χ0n) is 14.9. The average molecular weight is 378 g/mol. The average Bonchev–Trinajstić information content (AvgIpc) is 2.65. The third-order valence-corrected chi connectivity index (χ3v) is 5.24. The van der Waals surface area contributed by atoms with Gasteiger partial charge in [-0.1, -0.05) is 30.3 Å². The minimum atomic E-state index is -3.89. The van der Waals surface area contributed by atoms with E-state index in [2.05, 4.69) is 10.0 Å². The Bertz CT molecular complexity index is 853. The van der Waals surface area contributed by atoms with Crippen LogP contribution in [0.1, 0.15) is 12.5 Å². The first-order valence-electron chi connectivity index (χ1n) is 7.93. The molecule has 0 spiro atoms. The van der Waals surface area contributed by atoms with Gasteiger partial charge in [-0.25, -0.2) is 8.42 Å². The molecule has 0 radical (unpaired) electrons. The van der Waals surface area contributed by atoms with E-state index in [0.29, 0.717) is 12.3 Å². The zero-order chi connectivity index (χ0) is 19.2. The van der Waals surface area contributed by atoms with Gasteiger partial charge in [-0.2, -0.15) is 4.72 Å². The topological polar surface area (TPSA) is 93.7 Å². The van der Waals surface area contributed by atoms with Crippen molar-refractivity contribution in [2.75, 3.05) is 14.2 Å². The Balaban J connectivity index is 2.04. The molecule has 8 heteroatoms. The Morgan fingerprint density at radius 2 is 1.69 bits per heavy atom. The number of carbonyl (C=O) groups excluding carboxylic acids is 1. The summed E-state index contributed by atoms with van der Waals surface area (Å²) >= 11 is 0. The molecule has 1 amide bonds. The quantitative estimate of drug-likeness (QED) is 0.729. The lowest BCUT2D eigenvalue weighted by molar-refractivity contribution is -0.122. The highest BCUT2D eigenvalue weighted by Crippen LogP contribution is 2.29. The Kier molecular flexibility index (Phi) is 6.59. The van der Waals surface area contributed by atoms with Gasteiger partial charge in [-0.05, 0) is 24.6 Å². The molecule has 0 saturated heterocycles. The fourth-order valence-corrected chi connectivity index (χ4v) is 3.49. The van der Waals surface area contributed by atoms with Crippen LogP contribution in [0.5, 0.6) is 11.5 Å². The van der Waals surface area contributed by atoms with Gasteiger partial charge in [0.1, 0.15) is 0 Å². The smallest absolute Gasteiger partial charge is 0.241 e. The summed E-state index contributed by atoms with van der Waals surface area (Å²) in [4.78, 5) is 12.2. The van der Waals surface area contributed by atoms with E-state index >= 15 is 0 Å². The summed E-state index contributed by atoms with van der Waals surface area (Å²) in [5.41, 5.74) is 0.927. The number of hydrogen-bond acceptors (Lipinski definition) is 5. The van der Waals surface area contributed by atoms with Gasteiger partial charge in [0, 0.05) is 12.6 Å². The second kappa shape index (κ2) is 8.68. The molecule has 26 heavy (non-hydrogen) atoms. The first-order valence-corrected chi connectivity index (χ1v) is 9.41. The molecule has 2 N–H and O–H groups in total. The zero-order valence-corrected chi connectivity index (χ0v) is 15.7. The largest absolute Gasteiger partial charge is 0.493 e. The van der Waals surface area contributed by atoms with E-state index < -0.39 is 22.0 Å². The van der Waals surface area contributed by atoms with Crippen molar-refractivity contribution in [2.24, 2.45) is 0 Å². The molecule has 7 nitrogen and oxygen atoms in total. The van der Waals surface area contributed by atoms with Crippen LogP contribution < -0.4 is 19.5 Å². The van der Waals surface area contributed by atoms with E-state index in [1.807, 2.05) is 30.3 Å². The fourth-order valence-electron chi connectivity index (χ4n) is 2.28. The first kappa shape index (κ1) is 19.7. The molecule has 2 rings (SSSR count). The Morgan fingerprint density at radius 1 is 1.04 bits per heavy atom. The number of sulfonamides is 1. The van der Waals surface area contributed by atoms with Gasteiger partial charge in [0.25, 0.3) is 0 Å². The predicted octanol–water partition coefficient (Wildman–Crippen LogP) is 1.69. The Hall–Kier alpha value is -2.58. The monoisotopic (exact) mass is 378 g/mol. The maximum absolute atomic E-state index is 12.5. The number of nitrogens with one attached hydrogen (secondary N) is 2. The van der Waals surface area contributed by atoms with Crippen LogP contribution in [0.4, 0.5) is 0 Å². The SMILES string of the molecule is COc1ccc(S(=O)(=O)N[C@@H](C)C(=O)NCc2ccccc2)cc1OC. The lowest BCUT2D eigenvalue weighted by atomic mass is 10.2. The molecule has 0 aromatic heterocycles. The molecular weight excluding hydrogens is 356 g/mol. The lowest BCUT2D eigenvalue weighted by Crippen LogP contribution is -2.44. The number of amides is 1. The number of benzene rings is 2. The van der Waals surface area contributed by atoms with E-state index in [1.165, 1.54) is 39.3 Å². The van der Waals surface area contributed by atoms with Crippen molar-refractivity contribution in [1.82, 2.24) is 10.0 Å². The highest BCUT2D eigenvalue weighted by atomic mass is 32.2. The van der Waals surface area contributed by atoms with Crippen molar-refractivity contribution in [1.29, 1.82) is 0 Å². The second-order valence-corrected chi connectivity index (χ2v) is 7.28. The molecule has 2 aromatic carbocycles. The predicted molar refractivity (Wildman–Crippen MR) is 97.6 cm³/mol. The molecular formula is C18H22N2O5S. The second-order valence-electron chi connectivity index (χ2n) is 5.56. The summed E-state index contributed by atoms with van der Waals surface area (Å²) in [6.07, 6.45) is 0. The van der Waals surface area contributed by atoms with Crippen LogP contribution in [0, 0.1) is 0 Å². The summed E-state index contributed by atoms with van der Waals surface area (Å²) < 4.78 is 37.6. The molecule has 0 aliphatic rings. The van der Waals surface area contributed by atoms with Crippen LogP contribution in [0.25, 0.3) is 0 Å². The third kappa shape index (κ3) is 4.96. The van der Waals surface area contributed by atoms with Crippen LogP contribution in [-0.2, 0) is 21.4 Å². The summed E-state index contributed by atoms with van der Waals surface area (Å²) in [6, 6.07) is 12.6. The van der Waals surface area contributed by atoms with Crippen molar-refractivity contribution in [2.45, 2.75) is 24.4 Å². The molecule has 0 bridgehead atoms. The highest BCUT2D eigenvalue weighted by Gasteiger charge is 2.23. The third-order valence-electron chi connectivity index (χ3n) is 3.70. The molecule has 0 unspecified atom stereocenters. The highest BCUT2D eigenvalue weighted by molar-refractivity contribution is 7.89. The van der Waals surface area contributed by atoms with Crippen molar-refractivity contribution < 1.29 is 22.7 Å². The Labute approximate surface area is 153 Å². The van der Waals surface area contributed by atoms with E-state index in [1.54, 1.807) is 0 Å². The van der Waals surface area contributed by atoms with Crippen LogP contribution in [0.2, 0.25) is 0 Å². The van der Waals surface area contributed by atoms with E-state index in [-0.39, 0.29) is 10.6 Å². The Morgan fingerprint density at radius 3 is 2.31 bits per heavy atom. The number of carbonyl (C=O) groups is 1. The summed E-state index contributed by atoms with van der Waals surface area (Å²) in [6.45, 7) is 1.81. The van der Waals surface area contributed by atoms with Gasteiger partial charge in [0.05, 0.1) is 25.2 Å². The lowest BCUT2D eigenvalue weighted by Gasteiger charge is -2.15. The standard InChI is InChI=1S/C18H22N2O5S/c1-13(18(21)19-12-14-7-5-4-6-8-14)20-26(22,23)15-9-10-16(24-2)17(11-15)25-3/h4-11,13,20H,12H2,1-3H3,(H,19,21)/t13-/m0/s1. The van der Waals surface area contributed by atoms with E-state index in [9.17, 15) is 13.2 Å². The van der Waals surface area contributed by atoms with Crippen molar-refractivity contribution in [3.05, 3.63) is 54.1 Å². The summed E-state index contributed by atoms with van der Waals surface area (Å²) in [5, 5.41) is 2.70.